The van der Waals surface area contributed by atoms with E-state index < -0.39 is 58.8 Å². The summed E-state index contributed by atoms with van der Waals surface area (Å²) < 4.78 is 98.3. The average Bonchev–Trinajstić information content (AvgIpc) is 3.23. The van der Waals surface area contributed by atoms with Crippen LogP contribution in [0.3, 0.4) is 0 Å². The van der Waals surface area contributed by atoms with Crippen molar-refractivity contribution in [2.45, 2.75) is 48.9 Å². The van der Waals surface area contributed by atoms with Gasteiger partial charge in [0.1, 0.15) is 30.3 Å². The van der Waals surface area contributed by atoms with Crippen molar-refractivity contribution in [3.8, 4) is 0 Å². The van der Waals surface area contributed by atoms with Gasteiger partial charge in [-0.05, 0) is 41.8 Å². The number of halogens is 7. The molecule has 2 aromatic heterocycles. The number of benzene rings is 1. The van der Waals surface area contributed by atoms with Gasteiger partial charge >= 0.3 is 6.18 Å². The van der Waals surface area contributed by atoms with E-state index in [2.05, 4.69) is 30.8 Å². The molecule has 0 unspecified atom stereocenters. The topological polar surface area (TPSA) is 102 Å². The normalized spacial score (nSPS) is 25.0. The molecule has 1 aromatic carbocycles. The third-order valence-corrected chi connectivity index (χ3v) is 7.04. The molecule has 3 fully saturated rings. The second-order valence-corrected chi connectivity index (χ2v) is 9.41. The predicted molar refractivity (Wildman–Crippen MR) is 108 cm³/mol. The van der Waals surface area contributed by atoms with Gasteiger partial charge < -0.3 is 10.4 Å². The van der Waals surface area contributed by atoms with E-state index in [4.69, 9.17) is 0 Å². The average molecular weight is 517 g/mol. The van der Waals surface area contributed by atoms with E-state index in [0.717, 1.165) is 29.3 Å². The standard InChI is InChI=1S/C21H18F7N7O/c22-12-1-2-13(14(23)3-12)19(36,10-35-11-32-33-34-35)21(27,28)18-6-17(7-18,8-18)15-4-30-16(5-29-15)31-9-20(24,25)26/h1-5,11,36H,6-10H2,(H,30,31)/t17?,18?,19-/m0/s1. The molecule has 15 heteroatoms. The van der Waals surface area contributed by atoms with Crippen LogP contribution < -0.4 is 5.32 Å². The van der Waals surface area contributed by atoms with Crippen molar-refractivity contribution in [3.05, 3.63) is 59.8 Å². The Kier molecular flexibility index (Phi) is 5.29. The lowest BCUT2D eigenvalue weighted by Crippen LogP contribution is -2.76. The Balaban J connectivity index is 1.39. The molecule has 192 valence electrons. The molecule has 0 amide bonds. The van der Waals surface area contributed by atoms with Crippen LogP contribution in [-0.4, -0.2) is 53.9 Å². The summed E-state index contributed by atoms with van der Waals surface area (Å²) in [5.41, 5.74) is -6.12. The van der Waals surface area contributed by atoms with Crippen molar-refractivity contribution in [1.82, 2.24) is 30.2 Å². The third kappa shape index (κ3) is 3.67. The minimum Gasteiger partial charge on any atom is -0.377 e. The molecule has 0 radical (unpaired) electrons. The molecule has 2 N–H and O–H groups in total. The summed E-state index contributed by atoms with van der Waals surface area (Å²) in [7, 11) is 0. The smallest absolute Gasteiger partial charge is 0.377 e. The van der Waals surface area contributed by atoms with Crippen LogP contribution in [0.1, 0.15) is 30.5 Å². The number of nitrogens with zero attached hydrogens (tertiary/aromatic N) is 6. The molecule has 8 nitrogen and oxygen atoms in total. The molecule has 3 aromatic rings. The number of hydrogen-bond acceptors (Lipinski definition) is 7. The SMILES string of the molecule is O[C@@](Cn1cnnn1)(c1ccc(F)cc1F)C(F)(F)C12CC(c3cnc(NCC(F)(F)F)cn3)(C1)C2. The maximum atomic E-state index is 16.1. The van der Waals surface area contributed by atoms with Gasteiger partial charge in [0.05, 0.1) is 24.6 Å². The Labute approximate surface area is 198 Å². The van der Waals surface area contributed by atoms with Gasteiger partial charge in [-0.3, -0.25) is 4.98 Å². The van der Waals surface area contributed by atoms with Gasteiger partial charge in [0.2, 0.25) is 0 Å². The number of hydrogen-bond donors (Lipinski definition) is 2. The van der Waals surface area contributed by atoms with E-state index in [1.165, 1.54) is 6.20 Å². The molecule has 3 aliphatic rings. The maximum Gasteiger partial charge on any atom is 0.405 e. The fourth-order valence-corrected chi connectivity index (χ4v) is 5.38. The fourth-order valence-electron chi connectivity index (χ4n) is 5.38. The minimum atomic E-state index is -4.45. The van der Waals surface area contributed by atoms with E-state index in [1.807, 2.05) is 0 Å². The van der Waals surface area contributed by atoms with E-state index in [0.29, 0.717) is 11.8 Å². The third-order valence-electron chi connectivity index (χ3n) is 7.04. The molecule has 2 bridgehead atoms. The Bertz CT molecular complexity index is 1250. The van der Waals surface area contributed by atoms with Crippen LogP contribution in [0.15, 0.2) is 36.9 Å². The zero-order chi connectivity index (χ0) is 26.0. The lowest BCUT2D eigenvalue weighted by molar-refractivity contribution is -0.348. The van der Waals surface area contributed by atoms with Crippen LogP contribution in [0.2, 0.25) is 0 Å². The highest BCUT2D eigenvalue weighted by Gasteiger charge is 2.82. The fraction of sp³-hybridized carbons (Fsp3) is 0.476. The summed E-state index contributed by atoms with van der Waals surface area (Å²) in [6.07, 6.45) is -1.53. The molecule has 1 atom stereocenters. The first-order valence-corrected chi connectivity index (χ1v) is 10.7. The largest absolute Gasteiger partial charge is 0.405 e. The second kappa shape index (κ2) is 7.82. The zero-order valence-electron chi connectivity index (χ0n) is 18.3. The number of aliphatic hydroxyl groups is 1. The highest BCUT2D eigenvalue weighted by Crippen LogP contribution is 2.80. The molecule has 3 aliphatic carbocycles. The summed E-state index contributed by atoms with van der Waals surface area (Å²) in [5, 5.41) is 23.6. The number of tetrazole rings is 1. The lowest BCUT2D eigenvalue weighted by atomic mass is 9.31. The van der Waals surface area contributed by atoms with Crippen molar-refractivity contribution in [1.29, 1.82) is 0 Å². The maximum absolute atomic E-state index is 16.1. The molecular formula is C21H18F7N7O. The van der Waals surface area contributed by atoms with Crippen molar-refractivity contribution < 1.29 is 35.8 Å². The summed E-state index contributed by atoms with van der Waals surface area (Å²) in [6, 6.07) is 1.94. The van der Waals surface area contributed by atoms with Crippen LogP contribution in [0.5, 0.6) is 0 Å². The number of rotatable bonds is 8. The molecule has 6 rings (SSSR count). The van der Waals surface area contributed by atoms with E-state index in [9.17, 15) is 27.1 Å². The number of aromatic nitrogens is 6. The zero-order valence-corrected chi connectivity index (χ0v) is 18.3. The Morgan fingerprint density at radius 1 is 1.03 bits per heavy atom. The predicted octanol–water partition coefficient (Wildman–Crippen LogP) is 3.36. The molecule has 0 saturated heterocycles. The monoisotopic (exact) mass is 517 g/mol. The second-order valence-electron chi connectivity index (χ2n) is 9.41. The van der Waals surface area contributed by atoms with Gasteiger partial charge in [0.15, 0.2) is 5.60 Å². The summed E-state index contributed by atoms with van der Waals surface area (Å²) in [5.74, 6) is -6.38. The van der Waals surface area contributed by atoms with Crippen LogP contribution >= 0.6 is 0 Å². The van der Waals surface area contributed by atoms with Crippen LogP contribution in [0, 0.1) is 17.0 Å². The molecular weight excluding hydrogens is 499 g/mol. The number of alkyl halides is 5. The van der Waals surface area contributed by atoms with Gasteiger partial charge in [-0.1, -0.05) is 0 Å². The van der Waals surface area contributed by atoms with Crippen molar-refractivity contribution in [2.75, 3.05) is 11.9 Å². The quantitative estimate of drug-likeness (QED) is 0.442. The summed E-state index contributed by atoms with van der Waals surface area (Å²) in [6.45, 7) is -2.20. The Morgan fingerprint density at radius 3 is 2.31 bits per heavy atom. The highest BCUT2D eigenvalue weighted by atomic mass is 19.4. The Hall–Kier alpha value is -3.36. The summed E-state index contributed by atoms with van der Waals surface area (Å²) in [4.78, 5) is 7.98. The van der Waals surface area contributed by atoms with Crippen LogP contribution in [-0.2, 0) is 17.6 Å². The molecule has 0 aliphatic heterocycles. The van der Waals surface area contributed by atoms with Gasteiger partial charge in [0.25, 0.3) is 5.92 Å². The first-order valence-electron chi connectivity index (χ1n) is 10.7. The number of anilines is 1. The minimum absolute atomic E-state index is 0.120. The van der Waals surface area contributed by atoms with Crippen LogP contribution in [0.25, 0.3) is 0 Å². The summed E-state index contributed by atoms with van der Waals surface area (Å²) >= 11 is 0. The molecule has 0 spiro atoms. The van der Waals surface area contributed by atoms with E-state index in [1.54, 1.807) is 0 Å². The highest BCUT2D eigenvalue weighted by molar-refractivity contribution is 5.41. The van der Waals surface area contributed by atoms with Crippen molar-refractivity contribution in [2.24, 2.45) is 5.41 Å². The van der Waals surface area contributed by atoms with E-state index in [-0.39, 0.29) is 25.1 Å². The van der Waals surface area contributed by atoms with Gasteiger partial charge in [-0.25, -0.2) is 27.2 Å². The van der Waals surface area contributed by atoms with Crippen LogP contribution in [0.4, 0.5) is 36.6 Å². The lowest BCUT2D eigenvalue weighted by Gasteiger charge is -2.73. The first-order chi connectivity index (χ1) is 16.8. The molecule has 3 saturated carbocycles. The van der Waals surface area contributed by atoms with Gasteiger partial charge in [0, 0.05) is 22.5 Å². The van der Waals surface area contributed by atoms with E-state index >= 15 is 8.78 Å². The van der Waals surface area contributed by atoms with Crippen molar-refractivity contribution >= 4 is 5.82 Å². The van der Waals surface area contributed by atoms with Gasteiger partial charge in [-0.15, -0.1) is 5.10 Å². The van der Waals surface area contributed by atoms with Crippen molar-refractivity contribution in [3.63, 3.8) is 0 Å². The molecule has 2 heterocycles. The molecule has 36 heavy (non-hydrogen) atoms. The number of nitrogens with one attached hydrogen (secondary N) is 1. The Morgan fingerprint density at radius 2 is 1.75 bits per heavy atom. The van der Waals surface area contributed by atoms with Gasteiger partial charge in [-0.2, -0.15) is 13.2 Å². The first kappa shape index (κ1) is 24.3.